The zero-order valence-corrected chi connectivity index (χ0v) is 18.0. The Bertz CT molecular complexity index is 985. The Morgan fingerprint density at radius 2 is 1.70 bits per heavy atom. The fraction of sp³-hybridized carbons (Fsp3) is 0.364. The third kappa shape index (κ3) is 4.00. The van der Waals surface area contributed by atoms with Crippen molar-refractivity contribution in [3.05, 3.63) is 42.0 Å². The van der Waals surface area contributed by atoms with Gasteiger partial charge >= 0.3 is 0 Å². The Balaban J connectivity index is 1.41. The highest BCUT2D eigenvalue weighted by molar-refractivity contribution is 7.20. The van der Waals surface area contributed by atoms with E-state index in [4.69, 9.17) is 18.9 Å². The molecule has 3 aromatic rings. The number of aromatic nitrogens is 1. The van der Waals surface area contributed by atoms with Crippen LogP contribution in [0.2, 0.25) is 0 Å². The van der Waals surface area contributed by atoms with Crippen LogP contribution in [0.1, 0.15) is 23.2 Å². The van der Waals surface area contributed by atoms with Gasteiger partial charge < -0.3 is 23.8 Å². The van der Waals surface area contributed by atoms with E-state index in [1.54, 1.807) is 23.5 Å². The van der Waals surface area contributed by atoms with Crippen LogP contribution in [-0.4, -0.2) is 56.3 Å². The van der Waals surface area contributed by atoms with Gasteiger partial charge in [0.2, 0.25) is 5.75 Å². The predicted octanol–water partition coefficient (Wildman–Crippen LogP) is 4.01. The van der Waals surface area contributed by atoms with Gasteiger partial charge in [0, 0.05) is 31.5 Å². The normalized spacial score (nSPS) is 14.6. The molecule has 1 aliphatic heterocycles. The average molecular weight is 429 g/mol. The minimum Gasteiger partial charge on any atom is -0.493 e. The van der Waals surface area contributed by atoms with Crippen LogP contribution in [-0.2, 0) is 0 Å². The first kappa shape index (κ1) is 20.3. The fourth-order valence-electron chi connectivity index (χ4n) is 3.61. The summed E-state index contributed by atoms with van der Waals surface area (Å²) in [6.45, 7) is 1.23. The highest BCUT2D eigenvalue weighted by atomic mass is 32.1. The highest BCUT2D eigenvalue weighted by Crippen LogP contribution is 2.38. The van der Waals surface area contributed by atoms with Crippen molar-refractivity contribution in [3.63, 3.8) is 0 Å². The maximum absolute atomic E-state index is 13.0. The van der Waals surface area contributed by atoms with Crippen molar-refractivity contribution < 1.29 is 23.7 Å². The lowest BCUT2D eigenvalue weighted by Gasteiger charge is -2.31. The Hall–Kier alpha value is -3.00. The largest absolute Gasteiger partial charge is 0.493 e. The molecular weight excluding hydrogens is 404 g/mol. The molecule has 1 fully saturated rings. The van der Waals surface area contributed by atoms with Crippen LogP contribution in [0.3, 0.4) is 0 Å². The molecule has 0 spiro atoms. The number of fused-ring (bicyclic) bond motifs is 1. The number of methoxy groups -OCH3 is 3. The number of amides is 1. The number of rotatable bonds is 6. The monoisotopic (exact) mass is 428 g/mol. The first-order valence-electron chi connectivity index (χ1n) is 9.74. The number of hydrogen-bond donors (Lipinski definition) is 0. The van der Waals surface area contributed by atoms with E-state index in [-0.39, 0.29) is 12.0 Å². The van der Waals surface area contributed by atoms with Crippen LogP contribution >= 0.6 is 11.3 Å². The standard InChI is InChI=1S/C22H24N2O5S/c1-26-17-12-14(13-18(27-2)20(17)28-3)21(25)24-10-8-15(9-11-24)29-22-23-16-6-4-5-7-19(16)30-22/h4-7,12-13,15H,8-11H2,1-3H3. The summed E-state index contributed by atoms with van der Waals surface area (Å²) in [5.74, 6) is 1.34. The van der Waals surface area contributed by atoms with Crippen LogP contribution in [0.15, 0.2) is 36.4 Å². The van der Waals surface area contributed by atoms with Crippen LogP contribution in [0.5, 0.6) is 22.4 Å². The van der Waals surface area contributed by atoms with Gasteiger partial charge in [0.1, 0.15) is 6.10 Å². The lowest BCUT2D eigenvalue weighted by molar-refractivity contribution is 0.0595. The van der Waals surface area contributed by atoms with Gasteiger partial charge in [0.25, 0.3) is 11.1 Å². The molecular formula is C22H24N2O5S. The lowest BCUT2D eigenvalue weighted by atomic mass is 10.1. The third-order valence-electron chi connectivity index (χ3n) is 5.18. The van der Waals surface area contributed by atoms with E-state index in [1.807, 2.05) is 29.2 Å². The number of carbonyl (C=O) groups excluding carboxylic acids is 1. The van der Waals surface area contributed by atoms with Crippen LogP contribution in [0.4, 0.5) is 0 Å². The Morgan fingerprint density at radius 3 is 2.30 bits per heavy atom. The summed E-state index contributed by atoms with van der Waals surface area (Å²) in [6, 6.07) is 11.4. The molecule has 7 nitrogen and oxygen atoms in total. The maximum atomic E-state index is 13.0. The summed E-state index contributed by atoms with van der Waals surface area (Å²) in [7, 11) is 4.62. The van der Waals surface area contributed by atoms with Gasteiger partial charge in [0.05, 0.1) is 31.5 Å². The molecule has 1 aliphatic rings. The van der Waals surface area contributed by atoms with E-state index < -0.39 is 0 Å². The number of thiazole rings is 1. The highest BCUT2D eigenvalue weighted by Gasteiger charge is 2.27. The van der Waals surface area contributed by atoms with Crippen molar-refractivity contribution in [1.29, 1.82) is 0 Å². The minimum atomic E-state index is -0.0623. The maximum Gasteiger partial charge on any atom is 0.274 e. The molecule has 2 heterocycles. The van der Waals surface area contributed by atoms with Gasteiger partial charge in [-0.05, 0) is 24.3 Å². The van der Waals surface area contributed by atoms with Gasteiger partial charge in [-0.3, -0.25) is 4.79 Å². The second-order valence-electron chi connectivity index (χ2n) is 6.97. The van der Waals surface area contributed by atoms with Crippen molar-refractivity contribution in [2.45, 2.75) is 18.9 Å². The van der Waals surface area contributed by atoms with Crippen LogP contribution in [0.25, 0.3) is 10.2 Å². The van der Waals surface area contributed by atoms with E-state index >= 15 is 0 Å². The zero-order chi connectivity index (χ0) is 21.1. The van der Waals surface area contributed by atoms with E-state index in [0.29, 0.717) is 41.1 Å². The summed E-state index contributed by atoms with van der Waals surface area (Å²) in [6.07, 6.45) is 1.56. The number of hydrogen-bond acceptors (Lipinski definition) is 7. The molecule has 1 aromatic heterocycles. The first-order chi connectivity index (χ1) is 14.6. The van der Waals surface area contributed by atoms with Crippen molar-refractivity contribution in [2.24, 2.45) is 0 Å². The molecule has 30 heavy (non-hydrogen) atoms. The van der Waals surface area contributed by atoms with Crippen LogP contribution in [0, 0.1) is 0 Å². The van der Waals surface area contributed by atoms with E-state index in [0.717, 1.165) is 23.1 Å². The van der Waals surface area contributed by atoms with E-state index in [2.05, 4.69) is 4.98 Å². The zero-order valence-electron chi connectivity index (χ0n) is 17.2. The molecule has 4 rings (SSSR count). The van der Waals surface area contributed by atoms with E-state index in [9.17, 15) is 4.79 Å². The minimum absolute atomic E-state index is 0.0505. The molecule has 1 saturated heterocycles. The number of para-hydroxylation sites is 1. The van der Waals surface area contributed by atoms with Crippen molar-refractivity contribution in [3.8, 4) is 22.4 Å². The van der Waals surface area contributed by atoms with Crippen molar-refractivity contribution in [1.82, 2.24) is 9.88 Å². The van der Waals surface area contributed by atoms with Gasteiger partial charge in [-0.1, -0.05) is 23.5 Å². The summed E-state index contributed by atoms with van der Waals surface area (Å²) in [5.41, 5.74) is 1.46. The fourth-order valence-corrected chi connectivity index (χ4v) is 4.49. The summed E-state index contributed by atoms with van der Waals surface area (Å²) in [4.78, 5) is 19.4. The molecule has 1 amide bonds. The first-order valence-corrected chi connectivity index (χ1v) is 10.6. The molecule has 0 saturated carbocycles. The number of piperidine rings is 1. The SMILES string of the molecule is COc1cc(C(=O)N2CCC(Oc3nc4ccccc4s3)CC2)cc(OC)c1OC. The Labute approximate surface area is 179 Å². The number of likely N-dealkylation sites (tertiary alicyclic amines) is 1. The molecule has 0 atom stereocenters. The smallest absolute Gasteiger partial charge is 0.274 e. The molecule has 158 valence electrons. The van der Waals surface area contributed by atoms with Gasteiger partial charge in [-0.25, -0.2) is 4.98 Å². The number of carbonyl (C=O) groups is 1. The molecule has 2 aromatic carbocycles. The second kappa shape index (κ2) is 8.79. The molecule has 0 N–H and O–H groups in total. The molecule has 8 heteroatoms. The van der Waals surface area contributed by atoms with Crippen LogP contribution < -0.4 is 18.9 Å². The quantitative estimate of drug-likeness (QED) is 0.591. The van der Waals surface area contributed by atoms with E-state index in [1.165, 1.54) is 21.3 Å². The lowest BCUT2D eigenvalue weighted by Crippen LogP contribution is -2.41. The Kier molecular flexibility index (Phi) is 5.94. The molecule has 0 radical (unpaired) electrons. The molecule has 0 unspecified atom stereocenters. The number of nitrogens with zero attached hydrogens (tertiary/aromatic N) is 2. The van der Waals surface area contributed by atoms with Crippen molar-refractivity contribution >= 4 is 27.5 Å². The number of benzene rings is 2. The Morgan fingerprint density at radius 1 is 1.03 bits per heavy atom. The summed E-state index contributed by atoms with van der Waals surface area (Å²) >= 11 is 1.55. The average Bonchev–Trinajstić information content (AvgIpc) is 3.20. The summed E-state index contributed by atoms with van der Waals surface area (Å²) < 4.78 is 23.3. The van der Waals surface area contributed by atoms with Crippen molar-refractivity contribution in [2.75, 3.05) is 34.4 Å². The van der Waals surface area contributed by atoms with Gasteiger partial charge in [-0.2, -0.15) is 0 Å². The van der Waals surface area contributed by atoms with Gasteiger partial charge in [0.15, 0.2) is 11.5 Å². The molecule has 0 bridgehead atoms. The van der Waals surface area contributed by atoms with Gasteiger partial charge in [-0.15, -0.1) is 0 Å². The second-order valence-corrected chi connectivity index (χ2v) is 7.96. The third-order valence-corrected chi connectivity index (χ3v) is 6.11. The predicted molar refractivity (Wildman–Crippen MR) is 115 cm³/mol. The topological polar surface area (TPSA) is 70.1 Å². The number of ether oxygens (including phenoxy) is 4. The summed E-state index contributed by atoms with van der Waals surface area (Å²) in [5, 5.41) is 0.686. The molecule has 0 aliphatic carbocycles.